The average molecular weight is 355 g/mol. The van der Waals surface area contributed by atoms with Gasteiger partial charge in [-0.3, -0.25) is 0 Å². The van der Waals surface area contributed by atoms with Gasteiger partial charge in [-0.1, -0.05) is 15.9 Å². The molecular formula is C11H7BrF4N2S. The third-order valence-corrected chi connectivity index (χ3v) is 3.85. The second-order valence-electron chi connectivity index (χ2n) is 3.65. The van der Waals surface area contributed by atoms with Crippen molar-refractivity contribution < 1.29 is 17.6 Å². The summed E-state index contributed by atoms with van der Waals surface area (Å²) in [5.41, 5.74) is 4.56. The molecule has 0 aliphatic carbocycles. The van der Waals surface area contributed by atoms with Crippen molar-refractivity contribution >= 4 is 27.3 Å². The summed E-state index contributed by atoms with van der Waals surface area (Å²) in [7, 11) is 0. The molecule has 1 aromatic heterocycles. The first-order valence-electron chi connectivity index (χ1n) is 5.04. The number of thiazole rings is 1. The average Bonchev–Trinajstić information content (AvgIpc) is 2.71. The first-order chi connectivity index (χ1) is 8.81. The number of hydrogen-bond acceptors (Lipinski definition) is 3. The van der Waals surface area contributed by atoms with Crippen LogP contribution in [0.3, 0.4) is 0 Å². The summed E-state index contributed by atoms with van der Waals surface area (Å²) in [5, 5.41) is 0.0907. The standard InChI is InChI=1S/C11H7BrF4N2S/c12-6-1-5(2-7(13)3-6)10-18-9(11(14,15)16)8(4-17)19-10/h1-3H,4,17H2. The molecule has 0 amide bonds. The molecule has 1 heterocycles. The zero-order chi connectivity index (χ0) is 14.2. The summed E-state index contributed by atoms with van der Waals surface area (Å²) in [5.74, 6) is -0.553. The number of alkyl halides is 3. The maximum absolute atomic E-state index is 13.2. The number of nitrogens with zero attached hydrogens (tertiary/aromatic N) is 1. The van der Waals surface area contributed by atoms with Crippen LogP contribution in [0.25, 0.3) is 10.6 Å². The van der Waals surface area contributed by atoms with Gasteiger partial charge in [0.2, 0.25) is 0 Å². The monoisotopic (exact) mass is 354 g/mol. The number of aromatic nitrogens is 1. The largest absolute Gasteiger partial charge is 0.434 e. The summed E-state index contributed by atoms with van der Waals surface area (Å²) in [4.78, 5) is 3.46. The molecule has 2 aromatic rings. The van der Waals surface area contributed by atoms with Gasteiger partial charge >= 0.3 is 6.18 Å². The van der Waals surface area contributed by atoms with Gasteiger partial charge in [0, 0.05) is 16.6 Å². The van der Waals surface area contributed by atoms with E-state index in [2.05, 4.69) is 20.9 Å². The molecule has 0 bridgehead atoms. The van der Waals surface area contributed by atoms with E-state index in [0.717, 1.165) is 17.4 Å². The van der Waals surface area contributed by atoms with Crippen LogP contribution in [0.2, 0.25) is 0 Å². The van der Waals surface area contributed by atoms with Gasteiger partial charge in [-0.15, -0.1) is 11.3 Å². The van der Waals surface area contributed by atoms with E-state index >= 15 is 0 Å². The number of benzene rings is 1. The minimum atomic E-state index is -4.56. The number of halogens is 5. The van der Waals surface area contributed by atoms with Gasteiger partial charge in [0.25, 0.3) is 0 Å². The minimum absolute atomic E-state index is 0.0668. The van der Waals surface area contributed by atoms with E-state index in [1.54, 1.807) is 0 Å². The van der Waals surface area contributed by atoms with Gasteiger partial charge in [0.15, 0.2) is 5.69 Å². The Morgan fingerprint density at radius 2 is 1.95 bits per heavy atom. The lowest BCUT2D eigenvalue weighted by atomic mass is 10.2. The van der Waals surface area contributed by atoms with Crippen molar-refractivity contribution in [2.24, 2.45) is 5.73 Å². The topological polar surface area (TPSA) is 38.9 Å². The van der Waals surface area contributed by atoms with E-state index in [1.165, 1.54) is 12.1 Å². The molecule has 0 saturated carbocycles. The van der Waals surface area contributed by atoms with E-state index in [-0.39, 0.29) is 22.0 Å². The number of hydrogen-bond donors (Lipinski definition) is 1. The highest BCUT2D eigenvalue weighted by atomic mass is 79.9. The Kier molecular flexibility index (Phi) is 3.93. The Balaban J connectivity index is 2.55. The van der Waals surface area contributed by atoms with Crippen molar-refractivity contribution in [2.75, 3.05) is 0 Å². The summed E-state index contributed by atoms with van der Waals surface area (Å²) >= 11 is 3.90. The van der Waals surface area contributed by atoms with Gasteiger partial charge in [-0.25, -0.2) is 9.37 Å². The van der Waals surface area contributed by atoms with Crippen molar-refractivity contribution in [3.8, 4) is 10.6 Å². The Morgan fingerprint density at radius 1 is 1.26 bits per heavy atom. The lowest BCUT2D eigenvalue weighted by molar-refractivity contribution is -0.141. The van der Waals surface area contributed by atoms with Gasteiger partial charge < -0.3 is 5.73 Å². The zero-order valence-corrected chi connectivity index (χ0v) is 11.7. The predicted octanol–water partition coefficient (Wildman–Crippen LogP) is 4.19. The second-order valence-corrected chi connectivity index (χ2v) is 5.65. The Morgan fingerprint density at radius 3 is 2.42 bits per heavy atom. The first kappa shape index (κ1) is 14.4. The maximum atomic E-state index is 13.2. The van der Waals surface area contributed by atoms with Gasteiger partial charge in [0.1, 0.15) is 10.8 Å². The molecule has 0 saturated heterocycles. The lowest BCUT2D eigenvalue weighted by Crippen LogP contribution is -2.10. The molecule has 1 aromatic carbocycles. The van der Waals surface area contributed by atoms with E-state index in [0.29, 0.717) is 4.47 Å². The molecule has 2 rings (SSSR count). The Hall–Kier alpha value is -0.990. The van der Waals surface area contributed by atoms with Crippen LogP contribution in [0.5, 0.6) is 0 Å². The smallest absolute Gasteiger partial charge is 0.326 e. The molecule has 2 nitrogen and oxygen atoms in total. The molecular weight excluding hydrogens is 348 g/mol. The van der Waals surface area contributed by atoms with Crippen molar-refractivity contribution in [3.63, 3.8) is 0 Å². The van der Waals surface area contributed by atoms with Crippen molar-refractivity contribution in [1.29, 1.82) is 0 Å². The quantitative estimate of drug-likeness (QED) is 0.821. The molecule has 19 heavy (non-hydrogen) atoms. The third-order valence-electron chi connectivity index (χ3n) is 2.26. The van der Waals surface area contributed by atoms with Crippen LogP contribution < -0.4 is 5.73 Å². The van der Waals surface area contributed by atoms with E-state index in [9.17, 15) is 17.6 Å². The summed E-state index contributed by atoms with van der Waals surface area (Å²) < 4.78 is 51.9. The van der Waals surface area contributed by atoms with Crippen molar-refractivity contribution in [3.05, 3.63) is 39.1 Å². The fourth-order valence-electron chi connectivity index (χ4n) is 1.51. The highest BCUT2D eigenvalue weighted by Gasteiger charge is 2.37. The van der Waals surface area contributed by atoms with E-state index < -0.39 is 17.7 Å². The summed E-state index contributed by atoms with van der Waals surface area (Å²) in [6.45, 7) is -0.261. The third kappa shape index (κ3) is 3.13. The Labute approximate surface area is 118 Å². The normalized spacial score (nSPS) is 11.9. The molecule has 0 aliphatic rings. The van der Waals surface area contributed by atoms with Crippen LogP contribution in [0.1, 0.15) is 10.6 Å². The van der Waals surface area contributed by atoms with Crippen LogP contribution in [0, 0.1) is 5.82 Å². The molecule has 0 radical (unpaired) electrons. The number of rotatable bonds is 2. The van der Waals surface area contributed by atoms with Gasteiger partial charge in [0.05, 0.1) is 4.88 Å². The molecule has 0 fully saturated rings. The maximum Gasteiger partial charge on any atom is 0.434 e. The fourth-order valence-corrected chi connectivity index (χ4v) is 2.93. The van der Waals surface area contributed by atoms with Crippen LogP contribution in [0.15, 0.2) is 22.7 Å². The van der Waals surface area contributed by atoms with Gasteiger partial charge in [-0.2, -0.15) is 13.2 Å². The van der Waals surface area contributed by atoms with Crippen molar-refractivity contribution in [2.45, 2.75) is 12.7 Å². The highest BCUT2D eigenvalue weighted by molar-refractivity contribution is 9.10. The van der Waals surface area contributed by atoms with Gasteiger partial charge in [-0.05, 0) is 18.2 Å². The summed E-state index contributed by atoms with van der Waals surface area (Å²) in [6, 6.07) is 3.85. The molecule has 0 unspecified atom stereocenters. The molecule has 0 spiro atoms. The SMILES string of the molecule is NCc1sc(-c2cc(F)cc(Br)c2)nc1C(F)(F)F. The van der Waals surface area contributed by atoms with Crippen LogP contribution in [-0.2, 0) is 12.7 Å². The molecule has 0 atom stereocenters. The zero-order valence-electron chi connectivity index (χ0n) is 9.26. The van der Waals surface area contributed by atoms with Crippen LogP contribution >= 0.6 is 27.3 Å². The molecule has 102 valence electrons. The van der Waals surface area contributed by atoms with Crippen LogP contribution in [-0.4, -0.2) is 4.98 Å². The molecule has 2 N–H and O–H groups in total. The summed E-state index contributed by atoms with van der Waals surface area (Å²) in [6.07, 6.45) is -4.56. The Bertz CT molecular complexity index is 589. The molecule has 0 aliphatic heterocycles. The number of nitrogens with two attached hydrogens (primary N) is 1. The first-order valence-corrected chi connectivity index (χ1v) is 6.65. The van der Waals surface area contributed by atoms with Crippen molar-refractivity contribution in [1.82, 2.24) is 4.98 Å². The minimum Gasteiger partial charge on any atom is -0.326 e. The fraction of sp³-hybridized carbons (Fsp3) is 0.182. The second kappa shape index (κ2) is 5.18. The van der Waals surface area contributed by atoms with E-state index in [1.807, 2.05) is 0 Å². The predicted molar refractivity (Wildman–Crippen MR) is 68.1 cm³/mol. The van der Waals surface area contributed by atoms with E-state index in [4.69, 9.17) is 5.73 Å². The highest BCUT2D eigenvalue weighted by Crippen LogP contribution is 2.38. The molecule has 8 heteroatoms. The lowest BCUT2D eigenvalue weighted by Gasteiger charge is -2.03. The van der Waals surface area contributed by atoms with Crippen LogP contribution in [0.4, 0.5) is 17.6 Å².